The van der Waals surface area contributed by atoms with E-state index in [1.807, 2.05) is 35.8 Å². The molecule has 31 heavy (non-hydrogen) atoms. The van der Waals surface area contributed by atoms with Gasteiger partial charge in [-0.1, -0.05) is 18.2 Å². The Kier molecular flexibility index (Phi) is 4.75. The molecule has 1 aliphatic rings. The first-order valence-electron chi connectivity index (χ1n) is 10.2. The average molecular weight is 413 g/mol. The van der Waals surface area contributed by atoms with Gasteiger partial charge in [-0.2, -0.15) is 15.2 Å². The van der Waals surface area contributed by atoms with Gasteiger partial charge >= 0.3 is 0 Å². The number of aryl methyl sites for hydroxylation is 1. The zero-order chi connectivity index (χ0) is 21.4. The number of halogens is 1. The number of nitrogens with one attached hydrogen (secondary N) is 1. The Morgan fingerprint density at radius 1 is 1.19 bits per heavy atom. The van der Waals surface area contributed by atoms with Crippen LogP contribution in [0.3, 0.4) is 0 Å². The number of anilines is 1. The highest BCUT2D eigenvalue weighted by Gasteiger charge is 2.22. The number of aromatic nitrogens is 3. The van der Waals surface area contributed by atoms with E-state index in [-0.39, 0.29) is 5.82 Å². The summed E-state index contributed by atoms with van der Waals surface area (Å²) >= 11 is 0. The molecule has 5 rings (SSSR count). The summed E-state index contributed by atoms with van der Waals surface area (Å²) in [5.41, 5.74) is 4.15. The molecule has 0 saturated carbocycles. The monoisotopic (exact) mass is 413 g/mol. The number of benzene rings is 2. The number of hydrogen-bond donors (Lipinski definition) is 1. The third-order valence-corrected chi connectivity index (χ3v) is 5.47. The standard InChI is InChI=1S/C24H20FN5O/c1-15-11-20-17(13-26)6-3-9-21(20)30(15)24-28-22(19-8-4-10-31-23(19)29-24)27-14-16-5-2-7-18(25)12-16/h2-3,5-7,9,11-12H,4,8,10,14H2,1H3,(H,27,28,29). The lowest BCUT2D eigenvalue weighted by Crippen LogP contribution is -2.17. The van der Waals surface area contributed by atoms with E-state index in [9.17, 15) is 9.65 Å². The maximum atomic E-state index is 13.6. The molecule has 2 aromatic carbocycles. The maximum absolute atomic E-state index is 13.6. The molecule has 6 nitrogen and oxygen atoms in total. The number of rotatable bonds is 4. The maximum Gasteiger partial charge on any atom is 0.239 e. The summed E-state index contributed by atoms with van der Waals surface area (Å²) in [6.45, 7) is 3.01. The lowest BCUT2D eigenvalue weighted by molar-refractivity contribution is 0.275. The van der Waals surface area contributed by atoms with Crippen LogP contribution in [-0.4, -0.2) is 21.1 Å². The van der Waals surface area contributed by atoms with Gasteiger partial charge in [0.25, 0.3) is 0 Å². The molecule has 0 spiro atoms. The largest absolute Gasteiger partial charge is 0.477 e. The van der Waals surface area contributed by atoms with E-state index in [1.54, 1.807) is 12.1 Å². The van der Waals surface area contributed by atoms with Gasteiger partial charge in [-0.05, 0) is 55.7 Å². The Labute approximate surface area is 178 Å². The lowest BCUT2D eigenvalue weighted by atomic mass is 10.1. The molecular weight excluding hydrogens is 393 g/mol. The van der Waals surface area contributed by atoms with Crippen molar-refractivity contribution < 1.29 is 9.13 Å². The molecule has 1 N–H and O–H groups in total. The van der Waals surface area contributed by atoms with E-state index < -0.39 is 0 Å². The summed E-state index contributed by atoms with van der Waals surface area (Å²) in [5.74, 6) is 1.46. The zero-order valence-electron chi connectivity index (χ0n) is 17.0. The molecule has 2 aromatic heterocycles. The first kappa shape index (κ1) is 19.1. The highest BCUT2D eigenvalue weighted by Crippen LogP contribution is 2.32. The van der Waals surface area contributed by atoms with Gasteiger partial charge in [0, 0.05) is 17.6 Å². The van der Waals surface area contributed by atoms with Crippen LogP contribution in [0, 0.1) is 24.1 Å². The second kappa shape index (κ2) is 7.73. The van der Waals surface area contributed by atoms with Crippen LogP contribution < -0.4 is 10.1 Å². The quantitative estimate of drug-likeness (QED) is 0.526. The second-order valence-corrected chi connectivity index (χ2v) is 7.56. The summed E-state index contributed by atoms with van der Waals surface area (Å²) in [6.07, 6.45) is 1.70. The minimum atomic E-state index is -0.268. The number of ether oxygens (including phenoxy) is 1. The Balaban J connectivity index is 1.61. The molecule has 0 unspecified atom stereocenters. The smallest absolute Gasteiger partial charge is 0.239 e. The van der Waals surface area contributed by atoms with Crippen molar-refractivity contribution in [2.45, 2.75) is 26.3 Å². The van der Waals surface area contributed by atoms with Gasteiger partial charge in [-0.25, -0.2) is 4.39 Å². The first-order valence-corrected chi connectivity index (χ1v) is 10.2. The van der Waals surface area contributed by atoms with E-state index in [4.69, 9.17) is 14.7 Å². The molecule has 0 radical (unpaired) electrons. The highest BCUT2D eigenvalue weighted by atomic mass is 19.1. The van der Waals surface area contributed by atoms with Gasteiger partial charge < -0.3 is 10.1 Å². The van der Waals surface area contributed by atoms with Gasteiger partial charge in [-0.3, -0.25) is 4.57 Å². The molecule has 0 bridgehead atoms. The van der Waals surface area contributed by atoms with Crippen LogP contribution in [0.25, 0.3) is 16.9 Å². The van der Waals surface area contributed by atoms with E-state index in [0.29, 0.717) is 36.4 Å². The molecular formula is C24H20FN5O. The van der Waals surface area contributed by atoms with Crippen molar-refractivity contribution >= 4 is 16.7 Å². The van der Waals surface area contributed by atoms with E-state index >= 15 is 0 Å². The Morgan fingerprint density at radius 2 is 2.06 bits per heavy atom. The molecule has 1 aliphatic heterocycles. The molecule has 0 amide bonds. The molecule has 0 saturated heterocycles. The SMILES string of the molecule is Cc1cc2c(C#N)cccc2n1-c1nc(NCc2cccc(F)c2)c2c(n1)OCCC2. The van der Waals surface area contributed by atoms with Crippen molar-refractivity contribution in [3.63, 3.8) is 0 Å². The summed E-state index contributed by atoms with van der Waals surface area (Å²) in [6, 6.07) is 16.3. The zero-order valence-corrected chi connectivity index (χ0v) is 17.0. The fraction of sp³-hybridized carbons (Fsp3) is 0.208. The molecule has 3 heterocycles. The summed E-state index contributed by atoms with van der Waals surface area (Å²) in [4.78, 5) is 9.52. The molecule has 154 valence electrons. The molecule has 0 aliphatic carbocycles. The van der Waals surface area contributed by atoms with Crippen molar-refractivity contribution in [1.82, 2.24) is 14.5 Å². The summed E-state index contributed by atoms with van der Waals surface area (Å²) in [5, 5.41) is 13.7. The van der Waals surface area contributed by atoms with E-state index in [0.717, 1.165) is 40.6 Å². The van der Waals surface area contributed by atoms with Crippen LogP contribution in [0.1, 0.15) is 28.8 Å². The predicted octanol–water partition coefficient (Wildman–Crippen LogP) is 4.68. The van der Waals surface area contributed by atoms with Crippen LogP contribution >= 0.6 is 0 Å². The van der Waals surface area contributed by atoms with E-state index in [1.165, 1.54) is 12.1 Å². The average Bonchev–Trinajstić information content (AvgIpc) is 3.13. The number of fused-ring (bicyclic) bond motifs is 2. The lowest BCUT2D eigenvalue weighted by Gasteiger charge is -2.21. The van der Waals surface area contributed by atoms with Gasteiger partial charge in [0.05, 0.1) is 29.3 Å². The minimum Gasteiger partial charge on any atom is -0.477 e. The molecule has 4 aromatic rings. The van der Waals surface area contributed by atoms with Crippen molar-refractivity contribution in [3.8, 4) is 17.9 Å². The number of hydrogen-bond acceptors (Lipinski definition) is 5. The molecule has 7 heteroatoms. The van der Waals surface area contributed by atoms with Crippen LogP contribution in [-0.2, 0) is 13.0 Å². The Morgan fingerprint density at radius 3 is 2.90 bits per heavy atom. The van der Waals surface area contributed by atoms with Crippen molar-refractivity contribution in [2.24, 2.45) is 0 Å². The van der Waals surface area contributed by atoms with Gasteiger partial charge in [-0.15, -0.1) is 0 Å². The molecule has 0 atom stereocenters. The van der Waals surface area contributed by atoms with Crippen LogP contribution in [0.4, 0.5) is 10.2 Å². The van der Waals surface area contributed by atoms with Gasteiger partial charge in [0.2, 0.25) is 11.8 Å². The fourth-order valence-electron chi connectivity index (χ4n) is 4.02. The summed E-state index contributed by atoms with van der Waals surface area (Å²) in [7, 11) is 0. The number of nitrogens with zero attached hydrogens (tertiary/aromatic N) is 4. The van der Waals surface area contributed by atoms with Gasteiger partial charge in [0.1, 0.15) is 11.6 Å². The topological polar surface area (TPSA) is 75.8 Å². The Hall–Kier alpha value is -3.92. The normalized spacial score (nSPS) is 12.8. The fourth-order valence-corrected chi connectivity index (χ4v) is 4.02. The van der Waals surface area contributed by atoms with Gasteiger partial charge in [0.15, 0.2) is 0 Å². The Bertz CT molecular complexity index is 1340. The molecule has 0 fully saturated rings. The van der Waals surface area contributed by atoms with Crippen LogP contribution in [0.2, 0.25) is 0 Å². The van der Waals surface area contributed by atoms with Crippen molar-refractivity contribution in [2.75, 3.05) is 11.9 Å². The highest BCUT2D eigenvalue weighted by molar-refractivity contribution is 5.88. The number of nitriles is 1. The predicted molar refractivity (Wildman–Crippen MR) is 116 cm³/mol. The first-order chi connectivity index (χ1) is 15.1. The minimum absolute atomic E-state index is 0.268. The van der Waals surface area contributed by atoms with Crippen molar-refractivity contribution in [1.29, 1.82) is 5.26 Å². The van der Waals surface area contributed by atoms with Crippen LogP contribution in [0.15, 0.2) is 48.5 Å². The summed E-state index contributed by atoms with van der Waals surface area (Å²) < 4.78 is 21.4. The third kappa shape index (κ3) is 3.46. The second-order valence-electron chi connectivity index (χ2n) is 7.56. The van der Waals surface area contributed by atoms with Crippen molar-refractivity contribution in [3.05, 3.63) is 76.7 Å². The van der Waals surface area contributed by atoms with E-state index in [2.05, 4.69) is 11.4 Å². The third-order valence-electron chi connectivity index (χ3n) is 5.47. The van der Waals surface area contributed by atoms with Crippen LogP contribution in [0.5, 0.6) is 5.88 Å².